The van der Waals surface area contributed by atoms with Crippen molar-refractivity contribution in [3.63, 3.8) is 0 Å². The van der Waals surface area contributed by atoms with Crippen molar-refractivity contribution in [1.29, 1.82) is 5.26 Å². The molecule has 0 saturated heterocycles. The molecule has 16 heavy (non-hydrogen) atoms. The fraction of sp³-hybridized carbons (Fsp3) is 0.615. The zero-order valence-electron chi connectivity index (χ0n) is 9.50. The van der Waals surface area contributed by atoms with Gasteiger partial charge in [-0.2, -0.15) is 5.26 Å². The summed E-state index contributed by atoms with van der Waals surface area (Å²) in [4.78, 5) is 1.34. The predicted molar refractivity (Wildman–Crippen MR) is 71.4 cm³/mol. The highest BCUT2D eigenvalue weighted by Gasteiger charge is 2.35. The summed E-state index contributed by atoms with van der Waals surface area (Å²) in [6, 6.07) is 4.75. The molecule has 0 amide bonds. The van der Waals surface area contributed by atoms with Crippen LogP contribution in [0, 0.1) is 22.7 Å². The predicted octanol–water partition coefficient (Wildman–Crippen LogP) is 4.77. The Balaban J connectivity index is 2.13. The molecule has 0 radical (unpaired) electrons. The molecule has 1 heterocycles. The van der Waals surface area contributed by atoms with Gasteiger partial charge in [0.25, 0.3) is 0 Å². The van der Waals surface area contributed by atoms with Gasteiger partial charge < -0.3 is 0 Å². The van der Waals surface area contributed by atoms with Gasteiger partial charge in [0.05, 0.1) is 11.5 Å². The van der Waals surface area contributed by atoms with Crippen LogP contribution in [-0.4, -0.2) is 0 Å². The first-order valence-corrected chi connectivity index (χ1v) is 7.45. The van der Waals surface area contributed by atoms with Crippen molar-refractivity contribution in [3.8, 4) is 6.07 Å². The van der Waals surface area contributed by atoms with Gasteiger partial charge in [0.15, 0.2) is 0 Å². The van der Waals surface area contributed by atoms with Crippen LogP contribution in [0.4, 0.5) is 0 Å². The van der Waals surface area contributed by atoms with E-state index in [0.717, 1.165) is 23.7 Å². The van der Waals surface area contributed by atoms with Crippen LogP contribution in [-0.2, 0) is 6.42 Å². The van der Waals surface area contributed by atoms with Crippen LogP contribution in [0.25, 0.3) is 0 Å². The van der Waals surface area contributed by atoms with Crippen molar-refractivity contribution in [3.05, 3.63) is 20.8 Å². The van der Waals surface area contributed by atoms with Gasteiger partial charge in [-0.05, 0) is 40.8 Å². The van der Waals surface area contributed by atoms with Crippen LogP contribution in [0.5, 0.6) is 0 Å². The molecule has 1 aliphatic rings. The topological polar surface area (TPSA) is 23.8 Å². The summed E-state index contributed by atoms with van der Waals surface area (Å²) in [7, 11) is 0. The molecule has 1 fully saturated rings. The first-order valence-electron chi connectivity index (χ1n) is 5.78. The molecule has 0 spiro atoms. The number of hydrogen-bond acceptors (Lipinski definition) is 2. The number of hydrogen-bond donors (Lipinski definition) is 0. The Labute approximate surface area is 110 Å². The summed E-state index contributed by atoms with van der Waals surface area (Å²) in [6.07, 6.45) is 5.57. The van der Waals surface area contributed by atoms with E-state index in [-0.39, 0.29) is 5.41 Å². The number of rotatable bonds is 2. The fourth-order valence-electron chi connectivity index (χ4n) is 2.74. The minimum atomic E-state index is -0.0953. The van der Waals surface area contributed by atoms with Crippen LogP contribution in [0.1, 0.15) is 37.5 Å². The summed E-state index contributed by atoms with van der Waals surface area (Å²) >= 11 is 5.24. The van der Waals surface area contributed by atoms with E-state index < -0.39 is 0 Å². The molecule has 0 N–H and O–H groups in total. The van der Waals surface area contributed by atoms with E-state index in [0.29, 0.717) is 5.92 Å². The van der Waals surface area contributed by atoms with E-state index in [9.17, 15) is 5.26 Å². The normalized spacial score (nSPS) is 29.9. The molecule has 2 rings (SSSR count). The molecule has 1 saturated carbocycles. The number of thiophene rings is 1. The van der Waals surface area contributed by atoms with Crippen molar-refractivity contribution < 1.29 is 0 Å². The lowest BCUT2D eigenvalue weighted by molar-refractivity contribution is 0.210. The van der Waals surface area contributed by atoms with Crippen LogP contribution in [0.3, 0.4) is 0 Å². The molecule has 1 nitrogen and oxygen atoms in total. The lowest BCUT2D eigenvalue weighted by atomic mass is 9.69. The zero-order chi connectivity index (χ0) is 11.6. The maximum absolute atomic E-state index is 9.47. The van der Waals surface area contributed by atoms with Gasteiger partial charge in [-0.1, -0.05) is 19.8 Å². The van der Waals surface area contributed by atoms with Gasteiger partial charge in [0.2, 0.25) is 0 Å². The average molecular weight is 298 g/mol. The molecule has 1 aliphatic carbocycles. The molecule has 0 aromatic carbocycles. The van der Waals surface area contributed by atoms with E-state index in [4.69, 9.17) is 0 Å². The highest BCUT2D eigenvalue weighted by Crippen LogP contribution is 2.42. The number of nitriles is 1. The summed E-state index contributed by atoms with van der Waals surface area (Å²) < 4.78 is 1.14. The van der Waals surface area contributed by atoms with Gasteiger partial charge in [0, 0.05) is 21.2 Å². The maximum atomic E-state index is 9.47. The first-order chi connectivity index (χ1) is 7.63. The van der Waals surface area contributed by atoms with E-state index in [1.54, 1.807) is 11.3 Å². The Kier molecular flexibility index (Phi) is 3.71. The lowest BCUT2D eigenvalue weighted by Gasteiger charge is -2.34. The summed E-state index contributed by atoms with van der Waals surface area (Å²) in [6.45, 7) is 2.27. The van der Waals surface area contributed by atoms with Crippen molar-refractivity contribution >= 4 is 27.3 Å². The number of nitrogens with zero attached hydrogens (tertiary/aromatic N) is 1. The van der Waals surface area contributed by atoms with Gasteiger partial charge in [-0.15, -0.1) is 11.3 Å². The van der Waals surface area contributed by atoms with Crippen LogP contribution in [0.2, 0.25) is 0 Å². The molecule has 3 heteroatoms. The van der Waals surface area contributed by atoms with Crippen LogP contribution < -0.4 is 0 Å². The fourth-order valence-corrected chi connectivity index (χ4v) is 4.34. The minimum absolute atomic E-state index is 0.0953. The average Bonchev–Trinajstić information content (AvgIpc) is 2.64. The third-order valence-electron chi connectivity index (χ3n) is 3.46. The first kappa shape index (κ1) is 12.1. The molecule has 2 unspecified atom stereocenters. The van der Waals surface area contributed by atoms with E-state index in [2.05, 4.69) is 40.4 Å². The monoisotopic (exact) mass is 297 g/mol. The molecule has 1 aromatic rings. The number of halogens is 1. The van der Waals surface area contributed by atoms with Gasteiger partial charge in [0.1, 0.15) is 0 Å². The maximum Gasteiger partial charge on any atom is 0.0693 e. The van der Waals surface area contributed by atoms with Crippen molar-refractivity contribution in [2.45, 2.75) is 39.0 Å². The Morgan fingerprint density at radius 3 is 3.06 bits per heavy atom. The summed E-state index contributed by atoms with van der Waals surface area (Å²) in [5.41, 5.74) is -0.0953. The molecular weight excluding hydrogens is 282 g/mol. The summed E-state index contributed by atoms with van der Waals surface area (Å²) in [5, 5.41) is 11.6. The van der Waals surface area contributed by atoms with Crippen LogP contribution in [0.15, 0.2) is 15.9 Å². The molecule has 0 aliphatic heterocycles. The molecule has 1 aromatic heterocycles. The van der Waals surface area contributed by atoms with E-state index >= 15 is 0 Å². The Hall–Kier alpha value is -0.330. The molecule has 86 valence electrons. The SMILES string of the molecule is CC1CCCC(C#N)(Cc2cc(Br)cs2)C1. The van der Waals surface area contributed by atoms with Gasteiger partial charge in [-0.3, -0.25) is 0 Å². The van der Waals surface area contributed by atoms with Crippen molar-refractivity contribution in [2.75, 3.05) is 0 Å². The van der Waals surface area contributed by atoms with Gasteiger partial charge in [-0.25, -0.2) is 0 Å². The third-order valence-corrected chi connectivity index (χ3v) is 5.16. The second-order valence-corrected chi connectivity index (χ2v) is 6.91. The molecular formula is C13H16BrNS. The molecule has 0 bridgehead atoms. The quantitative estimate of drug-likeness (QED) is 0.771. The highest BCUT2D eigenvalue weighted by molar-refractivity contribution is 9.10. The Morgan fingerprint density at radius 1 is 1.69 bits per heavy atom. The van der Waals surface area contributed by atoms with E-state index in [1.165, 1.54) is 17.7 Å². The smallest absolute Gasteiger partial charge is 0.0693 e. The molecule has 2 atom stereocenters. The van der Waals surface area contributed by atoms with E-state index in [1.807, 2.05) is 0 Å². The Bertz CT molecular complexity index is 406. The van der Waals surface area contributed by atoms with Gasteiger partial charge >= 0.3 is 0 Å². The lowest BCUT2D eigenvalue weighted by Crippen LogP contribution is -2.28. The highest BCUT2D eigenvalue weighted by atomic mass is 79.9. The standard InChI is InChI=1S/C13H16BrNS/c1-10-3-2-4-13(6-10,9-15)7-12-5-11(14)8-16-12/h5,8,10H,2-4,6-7H2,1H3. The van der Waals surface area contributed by atoms with Crippen molar-refractivity contribution in [1.82, 2.24) is 0 Å². The second-order valence-electron chi connectivity index (χ2n) is 5.00. The third kappa shape index (κ3) is 2.67. The largest absolute Gasteiger partial charge is 0.198 e. The minimum Gasteiger partial charge on any atom is -0.198 e. The summed E-state index contributed by atoms with van der Waals surface area (Å²) in [5.74, 6) is 0.705. The van der Waals surface area contributed by atoms with Crippen LogP contribution >= 0.6 is 27.3 Å². The second kappa shape index (κ2) is 4.89. The zero-order valence-corrected chi connectivity index (χ0v) is 11.9. The Morgan fingerprint density at radius 2 is 2.50 bits per heavy atom. The van der Waals surface area contributed by atoms with Crippen molar-refractivity contribution in [2.24, 2.45) is 11.3 Å².